The van der Waals surface area contributed by atoms with Gasteiger partial charge in [0, 0.05) is 17.9 Å². The molecule has 1 rings (SSSR count). The second kappa shape index (κ2) is 5.36. The van der Waals surface area contributed by atoms with Gasteiger partial charge in [0.1, 0.15) is 0 Å². The van der Waals surface area contributed by atoms with E-state index in [-0.39, 0.29) is 17.2 Å². The lowest BCUT2D eigenvalue weighted by molar-refractivity contribution is 0.225. The number of alkyl halides is 1. The van der Waals surface area contributed by atoms with E-state index in [2.05, 4.69) is 15.9 Å². The first-order chi connectivity index (χ1) is 7.26. The van der Waals surface area contributed by atoms with Crippen molar-refractivity contribution in [2.75, 3.05) is 17.6 Å². The predicted molar refractivity (Wildman–Crippen MR) is 71.4 cm³/mol. The normalized spacial score (nSPS) is 18.8. The summed E-state index contributed by atoms with van der Waals surface area (Å²) >= 11 is 3.34. The van der Waals surface area contributed by atoms with Crippen LogP contribution in [-0.4, -0.2) is 36.4 Å². The second-order valence-electron chi connectivity index (χ2n) is 5.70. The fraction of sp³-hybridized carbons (Fsp3) is 1.00. The highest BCUT2D eigenvalue weighted by atomic mass is 79.9. The third-order valence-corrected chi connectivity index (χ3v) is 5.54. The lowest BCUT2D eigenvalue weighted by Crippen LogP contribution is -2.47. The molecule has 0 spiro atoms. The summed E-state index contributed by atoms with van der Waals surface area (Å²) in [6.07, 6.45) is 3.21. The van der Waals surface area contributed by atoms with Crippen molar-refractivity contribution in [3.8, 4) is 0 Å². The molecule has 0 aromatic carbocycles. The van der Waals surface area contributed by atoms with Crippen LogP contribution in [0.1, 0.15) is 40.0 Å². The Balaban J connectivity index is 2.75. The first-order valence-corrected chi connectivity index (χ1v) is 8.55. The summed E-state index contributed by atoms with van der Waals surface area (Å²) < 4.78 is 26.3. The van der Waals surface area contributed by atoms with Crippen LogP contribution < -0.4 is 0 Å². The van der Waals surface area contributed by atoms with Crippen molar-refractivity contribution in [2.45, 2.75) is 46.1 Å². The van der Waals surface area contributed by atoms with Crippen molar-refractivity contribution in [1.29, 1.82) is 0 Å². The van der Waals surface area contributed by atoms with Gasteiger partial charge >= 0.3 is 0 Å². The third-order valence-electron chi connectivity index (χ3n) is 2.76. The molecule has 0 heterocycles. The zero-order valence-corrected chi connectivity index (χ0v) is 12.8. The zero-order chi connectivity index (χ0) is 12.4. The molecule has 0 N–H and O–H groups in total. The van der Waals surface area contributed by atoms with Gasteiger partial charge in [-0.3, -0.25) is 0 Å². The number of halogens is 1. The molecule has 16 heavy (non-hydrogen) atoms. The van der Waals surface area contributed by atoms with Gasteiger partial charge in [0.2, 0.25) is 10.0 Å². The quantitative estimate of drug-likeness (QED) is 0.732. The van der Waals surface area contributed by atoms with E-state index in [4.69, 9.17) is 0 Å². The maximum atomic E-state index is 12.3. The van der Waals surface area contributed by atoms with Gasteiger partial charge in [0.15, 0.2) is 0 Å². The number of nitrogens with zero attached hydrogens (tertiary/aromatic N) is 1. The van der Waals surface area contributed by atoms with Crippen molar-refractivity contribution in [2.24, 2.45) is 5.41 Å². The summed E-state index contributed by atoms with van der Waals surface area (Å²) in [5.41, 5.74) is -0.173. The van der Waals surface area contributed by atoms with Gasteiger partial charge in [-0.15, -0.1) is 0 Å². The van der Waals surface area contributed by atoms with Crippen LogP contribution in [0.15, 0.2) is 0 Å². The molecule has 0 aliphatic heterocycles. The average Bonchev–Trinajstić information content (AvgIpc) is 1.95. The molecular weight excluding hydrogens is 290 g/mol. The van der Waals surface area contributed by atoms with E-state index < -0.39 is 10.0 Å². The molecule has 0 atom stereocenters. The van der Waals surface area contributed by atoms with Crippen LogP contribution in [0.2, 0.25) is 0 Å². The van der Waals surface area contributed by atoms with Crippen molar-refractivity contribution in [3.05, 3.63) is 0 Å². The minimum Gasteiger partial charge on any atom is -0.212 e. The molecule has 3 nitrogen and oxygen atoms in total. The molecule has 0 aromatic heterocycles. The lowest BCUT2D eigenvalue weighted by Gasteiger charge is -2.37. The van der Waals surface area contributed by atoms with Crippen molar-refractivity contribution < 1.29 is 8.42 Å². The minimum absolute atomic E-state index is 0.173. The Bertz CT molecular complexity index is 317. The average molecular weight is 312 g/mol. The molecule has 0 bridgehead atoms. The molecule has 0 unspecified atom stereocenters. The highest BCUT2D eigenvalue weighted by Crippen LogP contribution is 2.29. The molecule has 1 fully saturated rings. The molecule has 1 saturated carbocycles. The summed E-state index contributed by atoms with van der Waals surface area (Å²) in [7, 11) is -3.10. The summed E-state index contributed by atoms with van der Waals surface area (Å²) in [4.78, 5) is 0. The summed E-state index contributed by atoms with van der Waals surface area (Å²) in [5.74, 6) is 0.240. The van der Waals surface area contributed by atoms with Gasteiger partial charge in [-0.2, -0.15) is 4.31 Å². The fourth-order valence-electron chi connectivity index (χ4n) is 1.94. The maximum absolute atomic E-state index is 12.3. The molecule has 0 radical (unpaired) electrons. The largest absolute Gasteiger partial charge is 0.214 e. The molecule has 0 saturated heterocycles. The second-order valence-corrected chi connectivity index (χ2v) is 8.42. The molecule has 1 aliphatic rings. The smallest absolute Gasteiger partial charge is 0.212 e. The van der Waals surface area contributed by atoms with Crippen LogP contribution in [0.5, 0.6) is 0 Å². The van der Waals surface area contributed by atoms with Crippen molar-refractivity contribution >= 4 is 26.0 Å². The molecular formula is C11H22BrNO2S. The SMILES string of the molecule is CC(C)(C)CS(=O)(=O)N(CCBr)C1CCC1. The third kappa shape index (κ3) is 4.00. The van der Waals surface area contributed by atoms with Gasteiger partial charge in [-0.05, 0) is 18.3 Å². The molecule has 0 aromatic rings. The Kier molecular flexibility index (Phi) is 4.84. The van der Waals surface area contributed by atoms with Gasteiger partial charge in [-0.25, -0.2) is 8.42 Å². The van der Waals surface area contributed by atoms with E-state index in [0.717, 1.165) is 19.3 Å². The van der Waals surface area contributed by atoms with Crippen LogP contribution in [0.4, 0.5) is 0 Å². The van der Waals surface area contributed by atoms with E-state index in [1.54, 1.807) is 4.31 Å². The van der Waals surface area contributed by atoms with E-state index in [1.807, 2.05) is 20.8 Å². The van der Waals surface area contributed by atoms with Gasteiger partial charge < -0.3 is 0 Å². The molecule has 1 aliphatic carbocycles. The number of sulfonamides is 1. The molecule has 0 amide bonds. The first kappa shape index (κ1) is 14.5. The first-order valence-electron chi connectivity index (χ1n) is 5.82. The summed E-state index contributed by atoms with van der Waals surface area (Å²) in [5, 5.41) is 0.715. The van der Waals surface area contributed by atoms with Crippen LogP contribution in [0.25, 0.3) is 0 Å². The van der Waals surface area contributed by atoms with E-state index >= 15 is 0 Å². The predicted octanol–water partition coefficient (Wildman–Crippen LogP) is 2.61. The van der Waals surface area contributed by atoms with E-state index in [1.165, 1.54) is 0 Å². The summed E-state index contributed by atoms with van der Waals surface area (Å²) in [6.45, 7) is 6.51. The number of rotatable bonds is 5. The Labute approximate surface area is 108 Å². The Morgan fingerprint density at radius 1 is 1.31 bits per heavy atom. The van der Waals surface area contributed by atoms with Crippen LogP contribution >= 0.6 is 15.9 Å². The highest BCUT2D eigenvalue weighted by molar-refractivity contribution is 9.09. The van der Waals surface area contributed by atoms with E-state index in [0.29, 0.717) is 11.9 Å². The fourth-order valence-corrected chi connectivity index (χ4v) is 4.85. The van der Waals surface area contributed by atoms with Gasteiger partial charge in [0.25, 0.3) is 0 Å². The Morgan fingerprint density at radius 2 is 1.88 bits per heavy atom. The standard InChI is InChI=1S/C11H22BrNO2S/c1-11(2,3)9-16(14,15)13(8-7-12)10-5-4-6-10/h10H,4-9H2,1-3H3. The van der Waals surface area contributed by atoms with Crippen LogP contribution in [-0.2, 0) is 10.0 Å². The van der Waals surface area contributed by atoms with Crippen LogP contribution in [0.3, 0.4) is 0 Å². The molecule has 5 heteroatoms. The Morgan fingerprint density at radius 3 is 2.19 bits per heavy atom. The van der Waals surface area contributed by atoms with Crippen molar-refractivity contribution in [1.82, 2.24) is 4.31 Å². The Hall–Kier alpha value is 0.390. The van der Waals surface area contributed by atoms with E-state index in [9.17, 15) is 8.42 Å². The molecule has 96 valence electrons. The lowest BCUT2D eigenvalue weighted by atomic mass is 9.93. The monoisotopic (exact) mass is 311 g/mol. The number of hydrogen-bond donors (Lipinski definition) is 0. The maximum Gasteiger partial charge on any atom is 0.214 e. The number of hydrogen-bond acceptors (Lipinski definition) is 2. The van der Waals surface area contributed by atoms with Crippen molar-refractivity contribution in [3.63, 3.8) is 0 Å². The highest BCUT2D eigenvalue weighted by Gasteiger charge is 2.35. The van der Waals surface area contributed by atoms with Crippen LogP contribution in [0, 0.1) is 5.41 Å². The topological polar surface area (TPSA) is 37.4 Å². The summed E-state index contributed by atoms with van der Waals surface area (Å²) in [6, 6.07) is 0.255. The minimum atomic E-state index is -3.10. The van der Waals surface area contributed by atoms with Gasteiger partial charge in [0.05, 0.1) is 5.75 Å². The van der Waals surface area contributed by atoms with Gasteiger partial charge in [-0.1, -0.05) is 43.1 Å². The zero-order valence-electron chi connectivity index (χ0n) is 10.4.